The molecule has 0 aromatic rings. The fourth-order valence-corrected chi connectivity index (χ4v) is 1.66. The van der Waals surface area contributed by atoms with Gasteiger partial charge in [-0.1, -0.05) is 6.92 Å². The zero-order chi connectivity index (χ0) is 7.56. The number of piperidine rings is 1. The Morgan fingerprint density at radius 1 is 1.36 bits per heavy atom. The molecule has 11 heavy (non-hydrogen) atoms. The smallest absolute Gasteiger partial charge is 0.0240 e. The molecule has 2 atom stereocenters. The van der Waals surface area contributed by atoms with Gasteiger partial charge < -0.3 is 10.2 Å². The minimum atomic E-state index is 0. The van der Waals surface area contributed by atoms with Gasteiger partial charge in [-0.2, -0.15) is 0 Å². The normalized spacial score (nSPS) is 31.6. The summed E-state index contributed by atoms with van der Waals surface area (Å²) in [6.45, 7) is 4.70. The van der Waals surface area contributed by atoms with E-state index in [0.29, 0.717) is 0 Å². The molecule has 2 nitrogen and oxygen atoms in total. The van der Waals surface area contributed by atoms with E-state index in [4.69, 9.17) is 0 Å². The van der Waals surface area contributed by atoms with Crippen molar-refractivity contribution >= 4 is 12.4 Å². The van der Waals surface area contributed by atoms with Crippen molar-refractivity contribution in [3.63, 3.8) is 0 Å². The maximum Gasteiger partial charge on any atom is 0.0240 e. The number of nitrogens with zero attached hydrogens (tertiary/aromatic N) is 1. The van der Waals surface area contributed by atoms with Crippen molar-refractivity contribution in [2.24, 2.45) is 5.92 Å². The molecule has 0 aromatic carbocycles. The quantitative estimate of drug-likeness (QED) is 0.644. The highest BCUT2D eigenvalue weighted by Crippen LogP contribution is 2.14. The van der Waals surface area contributed by atoms with E-state index in [1.165, 1.54) is 13.0 Å². The molecule has 0 amide bonds. The maximum atomic E-state index is 3.40. The Bertz CT molecular complexity index is 106. The predicted molar refractivity (Wildman–Crippen MR) is 51.4 cm³/mol. The average Bonchev–Trinajstić information content (AvgIpc) is 1.88. The molecule has 0 radical (unpaired) electrons. The van der Waals surface area contributed by atoms with Crippen LogP contribution in [0.5, 0.6) is 0 Å². The Morgan fingerprint density at radius 2 is 2.00 bits per heavy atom. The Labute approximate surface area is 75.8 Å². The first-order valence-electron chi connectivity index (χ1n) is 4.09. The monoisotopic (exact) mass is 178 g/mol. The van der Waals surface area contributed by atoms with Gasteiger partial charge in [0.25, 0.3) is 0 Å². The number of halogens is 1. The van der Waals surface area contributed by atoms with Crippen LogP contribution in [-0.4, -0.2) is 38.1 Å². The van der Waals surface area contributed by atoms with E-state index in [1.54, 1.807) is 0 Å². The lowest BCUT2D eigenvalue weighted by atomic mass is 9.94. The number of hydrogen-bond acceptors (Lipinski definition) is 2. The zero-order valence-electron chi connectivity index (χ0n) is 7.63. The topological polar surface area (TPSA) is 15.3 Å². The molecule has 1 rings (SSSR count). The van der Waals surface area contributed by atoms with Crippen LogP contribution in [0.25, 0.3) is 0 Å². The van der Waals surface area contributed by atoms with Crippen LogP contribution in [0.3, 0.4) is 0 Å². The minimum absolute atomic E-state index is 0. The zero-order valence-corrected chi connectivity index (χ0v) is 8.45. The highest BCUT2D eigenvalue weighted by atomic mass is 35.5. The number of hydrogen-bond donors (Lipinski definition) is 1. The molecule has 0 spiro atoms. The van der Waals surface area contributed by atoms with Crippen LogP contribution in [0.4, 0.5) is 0 Å². The van der Waals surface area contributed by atoms with Gasteiger partial charge in [-0.3, -0.25) is 0 Å². The third kappa shape index (κ3) is 2.97. The molecule has 0 aliphatic carbocycles. The van der Waals surface area contributed by atoms with Crippen LogP contribution in [0, 0.1) is 5.92 Å². The van der Waals surface area contributed by atoms with Crippen molar-refractivity contribution in [3.05, 3.63) is 0 Å². The second-order valence-corrected chi connectivity index (χ2v) is 3.50. The lowest BCUT2D eigenvalue weighted by Crippen LogP contribution is -2.47. The summed E-state index contributed by atoms with van der Waals surface area (Å²) in [6, 6.07) is 0.744. The molecule has 0 aromatic heterocycles. The second-order valence-electron chi connectivity index (χ2n) is 3.50. The Morgan fingerprint density at radius 3 is 2.36 bits per heavy atom. The molecular formula is C8H19ClN2. The largest absolute Gasteiger partial charge is 0.315 e. The van der Waals surface area contributed by atoms with Crippen molar-refractivity contribution in [1.29, 1.82) is 0 Å². The first-order valence-corrected chi connectivity index (χ1v) is 4.09. The Balaban J connectivity index is 0.000001000. The Kier molecular flexibility index (Phi) is 5.06. The van der Waals surface area contributed by atoms with E-state index in [9.17, 15) is 0 Å². The minimum Gasteiger partial charge on any atom is -0.315 e. The molecule has 1 N–H and O–H groups in total. The molecule has 0 saturated carbocycles. The fraction of sp³-hybridized carbons (Fsp3) is 1.00. The van der Waals surface area contributed by atoms with Gasteiger partial charge >= 0.3 is 0 Å². The highest BCUT2D eigenvalue weighted by Gasteiger charge is 2.21. The summed E-state index contributed by atoms with van der Waals surface area (Å²) in [5, 5.41) is 3.40. The van der Waals surface area contributed by atoms with Crippen molar-refractivity contribution in [2.45, 2.75) is 19.4 Å². The van der Waals surface area contributed by atoms with Crippen molar-refractivity contribution in [1.82, 2.24) is 10.2 Å². The summed E-state index contributed by atoms with van der Waals surface area (Å²) in [6.07, 6.45) is 1.32. The first kappa shape index (κ1) is 11.2. The fourth-order valence-electron chi connectivity index (χ4n) is 1.66. The lowest BCUT2D eigenvalue weighted by Gasteiger charge is -2.34. The SMILES string of the molecule is CC1CCNCC1N(C)C.Cl. The van der Waals surface area contributed by atoms with Crippen molar-refractivity contribution in [2.75, 3.05) is 27.2 Å². The lowest BCUT2D eigenvalue weighted by molar-refractivity contribution is 0.180. The summed E-state index contributed by atoms with van der Waals surface area (Å²) in [4.78, 5) is 2.32. The highest BCUT2D eigenvalue weighted by molar-refractivity contribution is 5.85. The van der Waals surface area contributed by atoms with E-state index < -0.39 is 0 Å². The van der Waals surface area contributed by atoms with Crippen LogP contribution < -0.4 is 5.32 Å². The molecule has 1 aliphatic rings. The summed E-state index contributed by atoms with van der Waals surface area (Å²) in [5.41, 5.74) is 0. The van der Waals surface area contributed by atoms with Crippen LogP contribution in [0.1, 0.15) is 13.3 Å². The molecule has 1 heterocycles. The summed E-state index contributed by atoms with van der Waals surface area (Å²) in [5.74, 6) is 0.858. The van der Waals surface area contributed by atoms with Gasteiger partial charge in [-0.25, -0.2) is 0 Å². The summed E-state index contributed by atoms with van der Waals surface area (Å²) in [7, 11) is 4.32. The van der Waals surface area contributed by atoms with Gasteiger partial charge in [0, 0.05) is 12.6 Å². The van der Waals surface area contributed by atoms with Gasteiger partial charge in [0.05, 0.1) is 0 Å². The van der Waals surface area contributed by atoms with Gasteiger partial charge in [-0.15, -0.1) is 12.4 Å². The van der Waals surface area contributed by atoms with E-state index in [2.05, 4.69) is 31.2 Å². The molecule has 2 unspecified atom stereocenters. The van der Waals surface area contributed by atoms with E-state index in [0.717, 1.165) is 18.5 Å². The van der Waals surface area contributed by atoms with Gasteiger partial charge in [0.1, 0.15) is 0 Å². The molecule has 1 aliphatic heterocycles. The van der Waals surface area contributed by atoms with Crippen LogP contribution in [-0.2, 0) is 0 Å². The van der Waals surface area contributed by atoms with Gasteiger partial charge in [0.15, 0.2) is 0 Å². The first-order chi connectivity index (χ1) is 4.72. The maximum absolute atomic E-state index is 3.40. The summed E-state index contributed by atoms with van der Waals surface area (Å²) >= 11 is 0. The van der Waals surface area contributed by atoms with E-state index >= 15 is 0 Å². The van der Waals surface area contributed by atoms with Gasteiger partial charge in [-0.05, 0) is 33.0 Å². The second kappa shape index (κ2) is 4.96. The van der Waals surface area contributed by atoms with Crippen LogP contribution in [0.2, 0.25) is 0 Å². The van der Waals surface area contributed by atoms with Crippen LogP contribution >= 0.6 is 12.4 Å². The van der Waals surface area contributed by atoms with E-state index in [1.807, 2.05) is 0 Å². The molecular weight excluding hydrogens is 160 g/mol. The third-order valence-corrected chi connectivity index (χ3v) is 2.45. The van der Waals surface area contributed by atoms with Gasteiger partial charge in [0.2, 0.25) is 0 Å². The van der Waals surface area contributed by atoms with Crippen molar-refractivity contribution in [3.8, 4) is 0 Å². The number of rotatable bonds is 1. The average molecular weight is 179 g/mol. The van der Waals surface area contributed by atoms with Crippen LogP contribution in [0.15, 0.2) is 0 Å². The predicted octanol–water partition coefficient (Wildman–Crippen LogP) is 0.968. The number of likely N-dealkylation sites (N-methyl/N-ethyl adjacent to an activating group) is 1. The summed E-state index contributed by atoms with van der Waals surface area (Å²) < 4.78 is 0. The van der Waals surface area contributed by atoms with Crippen molar-refractivity contribution < 1.29 is 0 Å². The number of nitrogens with one attached hydrogen (secondary N) is 1. The standard InChI is InChI=1S/C8H18N2.ClH/c1-7-4-5-9-6-8(7)10(2)3;/h7-9H,4-6H2,1-3H3;1H. The molecule has 3 heteroatoms. The molecule has 0 bridgehead atoms. The van der Waals surface area contributed by atoms with E-state index in [-0.39, 0.29) is 12.4 Å². The molecule has 1 fully saturated rings. The molecule has 1 saturated heterocycles. The third-order valence-electron chi connectivity index (χ3n) is 2.45. The Hall–Kier alpha value is 0.210. The molecule has 68 valence electrons.